The zero-order chi connectivity index (χ0) is 20.2. The van der Waals surface area contributed by atoms with Gasteiger partial charge in [-0.15, -0.1) is 0 Å². The van der Waals surface area contributed by atoms with Crippen LogP contribution in [-0.2, 0) is 9.53 Å². The summed E-state index contributed by atoms with van der Waals surface area (Å²) in [7, 11) is 0. The summed E-state index contributed by atoms with van der Waals surface area (Å²) in [5.74, 6) is 0.688. The van der Waals surface area contributed by atoms with Crippen molar-refractivity contribution in [3.63, 3.8) is 0 Å². The normalized spacial score (nSPS) is 22.0. The molecule has 1 aromatic carbocycles. The predicted octanol–water partition coefficient (Wildman–Crippen LogP) is 1.70. The van der Waals surface area contributed by atoms with Gasteiger partial charge in [0.1, 0.15) is 17.7 Å². The van der Waals surface area contributed by atoms with E-state index in [9.17, 15) is 4.79 Å². The van der Waals surface area contributed by atoms with E-state index in [1.54, 1.807) is 18.5 Å². The Morgan fingerprint density at radius 3 is 2.93 bits per heavy atom. The van der Waals surface area contributed by atoms with E-state index in [-0.39, 0.29) is 11.7 Å². The first-order chi connectivity index (χ1) is 14.2. The van der Waals surface area contributed by atoms with Crippen molar-refractivity contribution in [3.8, 4) is 5.75 Å². The van der Waals surface area contributed by atoms with E-state index < -0.39 is 5.91 Å². The number of benzene rings is 1. The number of carbonyl (C=O) groups is 1. The summed E-state index contributed by atoms with van der Waals surface area (Å²) in [6.45, 7) is 5.40. The molecule has 152 valence electrons. The van der Waals surface area contributed by atoms with Gasteiger partial charge in [0.25, 0.3) is 5.91 Å². The van der Waals surface area contributed by atoms with Crippen molar-refractivity contribution in [1.29, 1.82) is 5.41 Å². The van der Waals surface area contributed by atoms with Crippen LogP contribution in [0.25, 0.3) is 0 Å². The number of hydrogen-bond acceptors (Lipinski definition) is 8. The first-order valence-corrected chi connectivity index (χ1v) is 9.59. The third-order valence-electron chi connectivity index (χ3n) is 4.86. The average Bonchev–Trinajstić information content (AvgIpc) is 2.75. The minimum absolute atomic E-state index is 0.0676. The smallest absolute Gasteiger partial charge is 0.261 e. The number of anilines is 3. The molecule has 4 rings (SSSR count). The molecule has 0 aliphatic carbocycles. The standard InChI is InChI=1S/C20H24N6O3/c1-13-12-24-16-9-15(17(10-18(16)29-13)26-5-7-28-8-6-26)25-20(27)14(11-21)19-22-3-2-4-23-19/h2-4,9-11,13,21-22,24H,5-8,12H2,1H3,(H,25,27)/b19-14-,21-11?. The number of aliphatic imine (C=N–C) groups is 1. The fourth-order valence-corrected chi connectivity index (χ4v) is 3.39. The van der Waals surface area contributed by atoms with Crippen molar-refractivity contribution >= 4 is 35.4 Å². The Bertz CT molecular complexity index is 902. The molecule has 0 aromatic heterocycles. The van der Waals surface area contributed by atoms with E-state index in [1.807, 2.05) is 19.1 Å². The largest absolute Gasteiger partial charge is 0.487 e. The highest BCUT2D eigenvalue weighted by molar-refractivity contribution is 6.18. The number of carbonyl (C=O) groups excluding carboxylic acids is 1. The van der Waals surface area contributed by atoms with Gasteiger partial charge in [0.15, 0.2) is 0 Å². The Morgan fingerprint density at radius 1 is 1.38 bits per heavy atom. The molecule has 0 radical (unpaired) electrons. The summed E-state index contributed by atoms with van der Waals surface area (Å²) >= 11 is 0. The van der Waals surface area contributed by atoms with E-state index in [0.717, 1.165) is 36.4 Å². The quantitative estimate of drug-likeness (QED) is 0.455. The van der Waals surface area contributed by atoms with Crippen LogP contribution < -0.4 is 25.6 Å². The summed E-state index contributed by atoms with van der Waals surface area (Å²) in [6, 6.07) is 3.84. The molecular weight excluding hydrogens is 372 g/mol. The summed E-state index contributed by atoms with van der Waals surface area (Å²) in [5, 5.41) is 16.9. The molecule has 1 saturated heterocycles. The topological polar surface area (TPSA) is 111 Å². The number of hydrogen-bond donors (Lipinski definition) is 4. The molecule has 0 saturated carbocycles. The van der Waals surface area contributed by atoms with Crippen molar-refractivity contribution in [3.05, 3.63) is 35.8 Å². The molecule has 0 spiro atoms. The van der Waals surface area contributed by atoms with Gasteiger partial charge in [-0.1, -0.05) is 0 Å². The number of ether oxygens (including phenoxy) is 2. The number of amides is 1. The van der Waals surface area contributed by atoms with Crippen LogP contribution in [0.2, 0.25) is 0 Å². The minimum Gasteiger partial charge on any atom is -0.487 e. The number of morpholine rings is 1. The predicted molar refractivity (Wildman–Crippen MR) is 113 cm³/mol. The van der Waals surface area contributed by atoms with Crippen LogP contribution >= 0.6 is 0 Å². The van der Waals surface area contributed by atoms with Crippen molar-refractivity contribution in [2.24, 2.45) is 4.99 Å². The van der Waals surface area contributed by atoms with E-state index in [1.165, 1.54) is 0 Å². The van der Waals surface area contributed by atoms with Crippen molar-refractivity contribution < 1.29 is 14.3 Å². The maximum atomic E-state index is 12.9. The highest BCUT2D eigenvalue weighted by atomic mass is 16.5. The monoisotopic (exact) mass is 396 g/mol. The van der Waals surface area contributed by atoms with Crippen LogP contribution in [0.4, 0.5) is 17.1 Å². The molecule has 3 aliphatic rings. The highest BCUT2D eigenvalue weighted by Crippen LogP contribution is 2.39. The molecule has 3 heterocycles. The van der Waals surface area contributed by atoms with Crippen LogP contribution in [0.1, 0.15) is 6.92 Å². The Balaban J connectivity index is 1.68. The molecule has 1 aromatic rings. The lowest BCUT2D eigenvalue weighted by molar-refractivity contribution is -0.112. The van der Waals surface area contributed by atoms with Gasteiger partial charge in [0.2, 0.25) is 0 Å². The van der Waals surface area contributed by atoms with Crippen molar-refractivity contribution in [1.82, 2.24) is 5.32 Å². The first-order valence-electron chi connectivity index (χ1n) is 9.59. The van der Waals surface area contributed by atoms with Crippen molar-refractivity contribution in [2.75, 3.05) is 48.4 Å². The molecule has 3 aliphatic heterocycles. The molecule has 9 nitrogen and oxygen atoms in total. The highest BCUT2D eigenvalue weighted by Gasteiger charge is 2.24. The number of fused-ring (bicyclic) bond motifs is 1. The Morgan fingerprint density at radius 2 is 2.21 bits per heavy atom. The lowest BCUT2D eigenvalue weighted by Crippen LogP contribution is -2.37. The fraction of sp³-hybridized carbons (Fsp3) is 0.350. The van der Waals surface area contributed by atoms with E-state index in [2.05, 4.69) is 25.8 Å². The van der Waals surface area contributed by atoms with Crippen molar-refractivity contribution in [2.45, 2.75) is 13.0 Å². The Labute approximate surface area is 169 Å². The number of rotatable bonds is 4. The van der Waals surface area contributed by atoms with Gasteiger partial charge in [-0.25, -0.2) is 4.99 Å². The molecular formula is C20H24N6O3. The molecule has 1 atom stereocenters. The van der Waals surface area contributed by atoms with E-state index >= 15 is 0 Å². The van der Waals surface area contributed by atoms with E-state index in [4.69, 9.17) is 14.9 Å². The molecule has 29 heavy (non-hydrogen) atoms. The van der Waals surface area contributed by atoms with Gasteiger partial charge in [-0.2, -0.15) is 0 Å². The van der Waals surface area contributed by atoms with Crippen LogP contribution in [0.3, 0.4) is 0 Å². The SMILES string of the molecule is CC1CNc2cc(NC(=O)/C(C=N)=C3\N=CC=CN3)c(N3CCOCC3)cc2O1. The van der Waals surface area contributed by atoms with Gasteiger partial charge >= 0.3 is 0 Å². The third-order valence-corrected chi connectivity index (χ3v) is 4.86. The van der Waals surface area contributed by atoms with Gasteiger partial charge in [0, 0.05) is 37.8 Å². The molecule has 1 fully saturated rings. The number of nitrogens with one attached hydrogen (secondary N) is 4. The fourth-order valence-electron chi connectivity index (χ4n) is 3.39. The first kappa shape index (κ1) is 19.0. The second-order valence-corrected chi connectivity index (χ2v) is 6.92. The summed E-state index contributed by atoms with van der Waals surface area (Å²) < 4.78 is 11.4. The van der Waals surface area contributed by atoms with Gasteiger partial charge < -0.3 is 35.7 Å². The lowest BCUT2D eigenvalue weighted by Gasteiger charge is -2.33. The van der Waals surface area contributed by atoms with Crippen LogP contribution in [0.5, 0.6) is 5.75 Å². The molecule has 0 bridgehead atoms. The summed E-state index contributed by atoms with van der Waals surface area (Å²) in [6.07, 6.45) is 6.03. The van der Waals surface area contributed by atoms with Crippen LogP contribution in [0, 0.1) is 5.41 Å². The minimum atomic E-state index is -0.408. The molecule has 4 N–H and O–H groups in total. The third kappa shape index (κ3) is 4.09. The number of nitrogens with zero attached hydrogens (tertiary/aromatic N) is 2. The molecule has 1 amide bonds. The summed E-state index contributed by atoms with van der Waals surface area (Å²) in [4.78, 5) is 19.3. The van der Waals surface area contributed by atoms with E-state index in [0.29, 0.717) is 31.3 Å². The molecule has 9 heteroatoms. The van der Waals surface area contributed by atoms with Crippen LogP contribution in [-0.4, -0.2) is 57.3 Å². The average molecular weight is 396 g/mol. The Hall–Kier alpha value is -3.33. The van der Waals surface area contributed by atoms with Gasteiger partial charge in [-0.3, -0.25) is 4.79 Å². The summed E-state index contributed by atoms with van der Waals surface area (Å²) in [5.41, 5.74) is 2.49. The second-order valence-electron chi connectivity index (χ2n) is 6.92. The lowest BCUT2D eigenvalue weighted by atomic mass is 10.1. The second kappa shape index (κ2) is 8.36. The maximum absolute atomic E-state index is 12.9. The maximum Gasteiger partial charge on any atom is 0.261 e. The molecule has 1 unspecified atom stereocenters. The van der Waals surface area contributed by atoms with Crippen LogP contribution in [0.15, 0.2) is 40.8 Å². The number of allylic oxidation sites excluding steroid dienone is 1. The Kier molecular flexibility index (Phi) is 5.48. The zero-order valence-corrected chi connectivity index (χ0v) is 16.2. The van der Waals surface area contributed by atoms with Gasteiger partial charge in [-0.05, 0) is 19.1 Å². The zero-order valence-electron chi connectivity index (χ0n) is 16.2. The van der Waals surface area contributed by atoms with Gasteiger partial charge in [0.05, 0.1) is 42.4 Å².